The summed E-state index contributed by atoms with van der Waals surface area (Å²) in [5.74, 6) is 0. The number of hydrogen-bond acceptors (Lipinski definition) is 2. The fraction of sp³-hybridized carbons (Fsp3) is 0.0455. The molecule has 3 heteroatoms. The Bertz CT molecular complexity index is 883. The van der Waals surface area contributed by atoms with Crippen LogP contribution in [0.2, 0.25) is 5.02 Å². The molecule has 1 nitrogen and oxygen atoms in total. The van der Waals surface area contributed by atoms with E-state index in [1.807, 2.05) is 66.7 Å². The van der Waals surface area contributed by atoms with Gasteiger partial charge in [-0.25, -0.2) is 4.99 Å². The van der Waals surface area contributed by atoms with Crippen LogP contribution in [0, 0.1) is 6.92 Å². The van der Waals surface area contributed by atoms with Crippen LogP contribution in [0.15, 0.2) is 100 Å². The van der Waals surface area contributed by atoms with E-state index in [1.54, 1.807) is 11.8 Å². The van der Waals surface area contributed by atoms with Crippen LogP contribution in [-0.4, -0.2) is 5.71 Å². The second-order valence-electron chi connectivity index (χ2n) is 5.52. The lowest BCUT2D eigenvalue weighted by atomic mass is 10.0. The molecule has 0 aliphatic carbocycles. The lowest BCUT2D eigenvalue weighted by Gasteiger charge is -2.06. The van der Waals surface area contributed by atoms with Crippen molar-refractivity contribution in [3.05, 3.63) is 106 Å². The number of para-hydroxylation sites is 1. The first-order valence-electron chi connectivity index (χ1n) is 8.01. The number of halogens is 1. The van der Waals surface area contributed by atoms with E-state index in [4.69, 9.17) is 16.6 Å². The Hall–Kier alpha value is -2.29. The molecule has 0 atom stereocenters. The molecule has 0 radical (unpaired) electrons. The molecule has 3 aromatic carbocycles. The minimum Gasteiger partial charge on any atom is -0.248 e. The third-order valence-electron chi connectivity index (χ3n) is 3.67. The van der Waals surface area contributed by atoms with Crippen LogP contribution in [-0.2, 0) is 0 Å². The van der Waals surface area contributed by atoms with Crippen LogP contribution in [0.3, 0.4) is 0 Å². The van der Waals surface area contributed by atoms with Crippen LogP contribution < -0.4 is 0 Å². The van der Waals surface area contributed by atoms with Crippen molar-refractivity contribution in [1.82, 2.24) is 0 Å². The van der Waals surface area contributed by atoms with Gasteiger partial charge in [0.2, 0.25) is 0 Å². The molecule has 0 spiro atoms. The predicted octanol–water partition coefficient (Wildman–Crippen LogP) is 7.08. The number of allylic oxidation sites excluding steroid dienone is 1. The van der Waals surface area contributed by atoms with Gasteiger partial charge in [0.1, 0.15) is 0 Å². The van der Waals surface area contributed by atoms with Crippen molar-refractivity contribution >= 4 is 34.8 Å². The highest BCUT2D eigenvalue weighted by Crippen LogP contribution is 2.23. The maximum atomic E-state index is 5.94. The minimum absolute atomic E-state index is 0.750. The van der Waals surface area contributed by atoms with E-state index in [9.17, 15) is 0 Å². The van der Waals surface area contributed by atoms with Crippen LogP contribution >= 0.6 is 23.4 Å². The smallest absolute Gasteiger partial charge is 0.0717 e. The highest BCUT2D eigenvalue weighted by atomic mass is 35.5. The molecule has 3 rings (SSSR count). The third-order valence-corrected chi connectivity index (χ3v) is 4.74. The zero-order valence-electron chi connectivity index (χ0n) is 13.9. The van der Waals surface area contributed by atoms with Gasteiger partial charge in [-0.1, -0.05) is 65.8 Å². The van der Waals surface area contributed by atoms with Crippen molar-refractivity contribution in [2.75, 3.05) is 0 Å². The summed E-state index contributed by atoms with van der Waals surface area (Å²) in [6.07, 6.45) is 2.06. The molecular formula is C22H18ClNS. The molecule has 0 aliphatic rings. The Morgan fingerprint density at radius 1 is 0.880 bits per heavy atom. The van der Waals surface area contributed by atoms with Gasteiger partial charge >= 0.3 is 0 Å². The van der Waals surface area contributed by atoms with E-state index in [0.717, 1.165) is 26.9 Å². The van der Waals surface area contributed by atoms with Crippen LogP contribution in [0.4, 0.5) is 5.69 Å². The van der Waals surface area contributed by atoms with E-state index < -0.39 is 0 Å². The Kier molecular flexibility index (Phi) is 6.10. The largest absolute Gasteiger partial charge is 0.248 e. The quantitative estimate of drug-likeness (QED) is 0.348. The second kappa shape index (κ2) is 8.70. The first-order valence-corrected chi connectivity index (χ1v) is 9.27. The van der Waals surface area contributed by atoms with Crippen LogP contribution in [0.5, 0.6) is 0 Å². The van der Waals surface area contributed by atoms with Gasteiger partial charge in [0, 0.05) is 15.5 Å². The van der Waals surface area contributed by atoms with Crippen molar-refractivity contribution in [3.63, 3.8) is 0 Å². The van der Waals surface area contributed by atoms with E-state index in [-0.39, 0.29) is 0 Å². The molecule has 0 aliphatic heterocycles. The fourth-order valence-electron chi connectivity index (χ4n) is 2.38. The van der Waals surface area contributed by atoms with E-state index in [1.165, 1.54) is 5.56 Å². The van der Waals surface area contributed by atoms with Gasteiger partial charge in [-0.2, -0.15) is 0 Å². The molecule has 25 heavy (non-hydrogen) atoms. The molecule has 124 valence electrons. The first-order chi connectivity index (χ1) is 12.2. The molecule has 0 fully saturated rings. The predicted molar refractivity (Wildman–Crippen MR) is 110 cm³/mol. The molecule has 0 bridgehead atoms. The van der Waals surface area contributed by atoms with Crippen molar-refractivity contribution in [2.45, 2.75) is 11.8 Å². The summed E-state index contributed by atoms with van der Waals surface area (Å²) in [5, 5.41) is 2.82. The van der Waals surface area contributed by atoms with Gasteiger partial charge in [-0.05, 0) is 60.4 Å². The number of nitrogens with zero attached hydrogens (tertiary/aromatic N) is 1. The van der Waals surface area contributed by atoms with Crippen molar-refractivity contribution in [3.8, 4) is 0 Å². The summed E-state index contributed by atoms with van der Waals surface area (Å²) in [6.45, 7) is 2.11. The van der Waals surface area contributed by atoms with Crippen molar-refractivity contribution < 1.29 is 0 Å². The van der Waals surface area contributed by atoms with Gasteiger partial charge in [0.25, 0.3) is 0 Å². The number of hydrogen-bond donors (Lipinski definition) is 0. The summed E-state index contributed by atoms with van der Waals surface area (Å²) < 4.78 is 0. The summed E-state index contributed by atoms with van der Waals surface area (Å²) in [4.78, 5) is 5.97. The number of aliphatic imine (C=N–C) groups is 1. The molecule has 0 amide bonds. The SMILES string of the molecule is Cc1ccccc1C(C=CSc1ccc(Cl)cc1)=Nc1ccccc1. The average molecular weight is 364 g/mol. The first kappa shape index (κ1) is 17.5. The van der Waals surface area contributed by atoms with Crippen molar-refractivity contribution in [2.24, 2.45) is 4.99 Å². The van der Waals surface area contributed by atoms with E-state index >= 15 is 0 Å². The van der Waals surface area contributed by atoms with Crippen LogP contribution in [0.1, 0.15) is 11.1 Å². The Morgan fingerprint density at radius 2 is 1.56 bits per heavy atom. The Balaban J connectivity index is 1.89. The Morgan fingerprint density at radius 3 is 2.28 bits per heavy atom. The number of rotatable bonds is 5. The molecule has 3 aromatic rings. The van der Waals surface area contributed by atoms with Gasteiger partial charge in [-0.15, -0.1) is 0 Å². The maximum Gasteiger partial charge on any atom is 0.0717 e. The summed E-state index contributed by atoms with van der Waals surface area (Å²) >= 11 is 7.59. The van der Waals surface area contributed by atoms with E-state index in [0.29, 0.717) is 0 Å². The monoisotopic (exact) mass is 363 g/mol. The highest BCUT2D eigenvalue weighted by molar-refractivity contribution is 8.02. The van der Waals surface area contributed by atoms with Crippen LogP contribution in [0.25, 0.3) is 0 Å². The maximum absolute atomic E-state index is 5.94. The van der Waals surface area contributed by atoms with E-state index in [2.05, 4.69) is 30.5 Å². The summed E-state index contributed by atoms with van der Waals surface area (Å²) in [7, 11) is 0. The number of benzene rings is 3. The zero-order chi connectivity index (χ0) is 17.5. The zero-order valence-corrected chi connectivity index (χ0v) is 15.5. The van der Waals surface area contributed by atoms with Gasteiger partial charge in [0.15, 0.2) is 0 Å². The van der Waals surface area contributed by atoms with Gasteiger partial charge in [-0.3, -0.25) is 0 Å². The molecule has 0 aromatic heterocycles. The average Bonchev–Trinajstić information content (AvgIpc) is 2.64. The fourth-order valence-corrected chi connectivity index (χ4v) is 3.15. The topological polar surface area (TPSA) is 12.4 Å². The normalized spacial score (nSPS) is 11.8. The van der Waals surface area contributed by atoms with Gasteiger partial charge < -0.3 is 0 Å². The van der Waals surface area contributed by atoms with Crippen molar-refractivity contribution in [1.29, 1.82) is 0 Å². The highest BCUT2D eigenvalue weighted by Gasteiger charge is 2.04. The standard InChI is InChI=1S/C22H18ClNS/c1-17-7-5-6-10-21(17)22(24-19-8-3-2-4-9-19)15-16-25-20-13-11-18(23)12-14-20/h2-16H,1H3. The number of thioether (sulfide) groups is 1. The summed E-state index contributed by atoms with van der Waals surface area (Å²) in [6, 6.07) is 26.2. The minimum atomic E-state index is 0.750. The molecule has 0 N–H and O–H groups in total. The molecular weight excluding hydrogens is 346 g/mol. The van der Waals surface area contributed by atoms with Gasteiger partial charge in [0.05, 0.1) is 11.4 Å². The molecule has 0 saturated carbocycles. The summed E-state index contributed by atoms with van der Waals surface area (Å²) in [5.41, 5.74) is 4.24. The number of aryl methyl sites for hydroxylation is 1. The lowest BCUT2D eigenvalue weighted by Crippen LogP contribution is -1.99. The second-order valence-corrected chi connectivity index (χ2v) is 6.94. The molecule has 0 saturated heterocycles. The third kappa shape index (κ3) is 5.09. The molecule has 0 heterocycles. The Labute approximate surface area is 158 Å². The molecule has 0 unspecified atom stereocenters. The lowest BCUT2D eigenvalue weighted by molar-refractivity contribution is 1.42.